The summed E-state index contributed by atoms with van der Waals surface area (Å²) in [4.78, 5) is 0. The van der Waals surface area contributed by atoms with E-state index in [1.807, 2.05) is 0 Å². The van der Waals surface area contributed by atoms with Gasteiger partial charge in [0.1, 0.15) is 6.10 Å². The first-order chi connectivity index (χ1) is 9.63. The second-order valence-corrected chi connectivity index (χ2v) is 4.54. The zero-order valence-electron chi connectivity index (χ0n) is 10.6. The second-order valence-electron chi connectivity index (χ2n) is 4.54. The fraction of sp³-hybridized carbons (Fsp3) is 0.385. The zero-order chi connectivity index (χ0) is 15.8. The Labute approximate surface area is 116 Å². The molecule has 1 aromatic rings. The molecule has 1 aromatic carbocycles. The first kappa shape index (κ1) is 15.8. The lowest BCUT2D eigenvalue weighted by Gasteiger charge is -2.19. The van der Waals surface area contributed by atoms with Crippen LogP contribution < -0.4 is 5.32 Å². The highest BCUT2D eigenvalue weighted by atomic mass is 19.4. The van der Waals surface area contributed by atoms with Crippen LogP contribution in [0, 0.1) is 0 Å². The van der Waals surface area contributed by atoms with E-state index in [4.69, 9.17) is 4.74 Å². The molecule has 8 heteroatoms. The van der Waals surface area contributed by atoms with Gasteiger partial charge in [-0.25, -0.2) is 0 Å². The molecule has 0 amide bonds. The molecule has 1 N–H and O–H groups in total. The van der Waals surface area contributed by atoms with Gasteiger partial charge in [0.25, 0.3) is 0 Å². The van der Waals surface area contributed by atoms with Crippen LogP contribution in [0.3, 0.4) is 0 Å². The molecule has 0 unspecified atom stereocenters. The van der Waals surface area contributed by atoms with Crippen LogP contribution in [-0.2, 0) is 17.1 Å². The summed E-state index contributed by atoms with van der Waals surface area (Å²) in [6.07, 6.45) is -9.30. The van der Waals surface area contributed by atoms with Crippen LogP contribution in [0.2, 0.25) is 0 Å². The van der Waals surface area contributed by atoms with Gasteiger partial charge in [0.15, 0.2) is 0 Å². The maximum absolute atomic E-state index is 12.8. The second kappa shape index (κ2) is 5.34. The minimum absolute atomic E-state index is 0.0267. The first-order valence-corrected chi connectivity index (χ1v) is 5.90. The highest BCUT2D eigenvalue weighted by Gasteiger charge is 2.38. The topological polar surface area (TPSA) is 21.3 Å². The smallest absolute Gasteiger partial charge is 0.356 e. The lowest BCUT2D eigenvalue weighted by atomic mass is 9.97. The van der Waals surface area contributed by atoms with Crippen molar-refractivity contribution in [3.8, 4) is 0 Å². The van der Waals surface area contributed by atoms with Crippen molar-refractivity contribution in [2.24, 2.45) is 0 Å². The first-order valence-electron chi connectivity index (χ1n) is 5.90. The molecule has 1 heterocycles. The Balaban J connectivity index is 2.52. The molecule has 2 atom stereocenters. The van der Waals surface area contributed by atoms with Crippen LogP contribution in [0.4, 0.5) is 26.3 Å². The van der Waals surface area contributed by atoms with E-state index >= 15 is 0 Å². The van der Waals surface area contributed by atoms with Gasteiger partial charge in [0.05, 0.1) is 23.9 Å². The molecule has 2 nitrogen and oxygen atoms in total. The van der Waals surface area contributed by atoms with Crippen LogP contribution in [-0.4, -0.2) is 12.8 Å². The minimum atomic E-state index is -4.87. The predicted molar refractivity (Wildman–Crippen MR) is 62.3 cm³/mol. The van der Waals surface area contributed by atoms with Gasteiger partial charge in [-0.3, -0.25) is 5.32 Å². The molecule has 21 heavy (non-hydrogen) atoms. The van der Waals surface area contributed by atoms with Crippen molar-refractivity contribution in [1.29, 1.82) is 0 Å². The van der Waals surface area contributed by atoms with Gasteiger partial charge in [-0.05, 0) is 23.8 Å². The molecule has 0 aliphatic carbocycles. The largest absolute Gasteiger partial charge is 0.416 e. The van der Waals surface area contributed by atoms with Crippen molar-refractivity contribution >= 4 is 0 Å². The van der Waals surface area contributed by atoms with E-state index in [0.717, 1.165) is 0 Å². The van der Waals surface area contributed by atoms with E-state index < -0.39 is 35.6 Å². The van der Waals surface area contributed by atoms with Crippen LogP contribution >= 0.6 is 0 Å². The van der Waals surface area contributed by atoms with Crippen LogP contribution in [0.25, 0.3) is 0 Å². The molecule has 2 rings (SSSR count). The summed E-state index contributed by atoms with van der Waals surface area (Å²) < 4.78 is 81.7. The van der Waals surface area contributed by atoms with Gasteiger partial charge < -0.3 is 4.74 Å². The Bertz CT molecular complexity index is 504. The third-order valence-electron chi connectivity index (χ3n) is 3.10. The number of hydrogen-bond donors (Lipinski definition) is 1. The third-order valence-corrected chi connectivity index (χ3v) is 3.10. The lowest BCUT2D eigenvalue weighted by molar-refractivity contribution is -0.143. The van der Waals surface area contributed by atoms with E-state index in [1.54, 1.807) is 0 Å². The molecule has 0 radical (unpaired) electrons. The van der Waals surface area contributed by atoms with Gasteiger partial charge in [0.2, 0.25) is 0 Å². The Morgan fingerprint density at radius 3 is 2.00 bits per heavy atom. The molecule has 116 valence electrons. The van der Waals surface area contributed by atoms with Gasteiger partial charge in [-0.1, -0.05) is 6.08 Å². The predicted octanol–water partition coefficient (Wildman–Crippen LogP) is 3.90. The van der Waals surface area contributed by atoms with Gasteiger partial charge in [-0.2, -0.15) is 26.3 Å². The Kier molecular flexibility index (Phi) is 4.03. The molecule has 0 saturated carbocycles. The summed E-state index contributed by atoms with van der Waals surface area (Å²) in [7, 11) is 0. The van der Waals surface area contributed by atoms with Crippen molar-refractivity contribution in [2.75, 3.05) is 6.73 Å². The van der Waals surface area contributed by atoms with Crippen LogP contribution in [0.5, 0.6) is 0 Å². The van der Waals surface area contributed by atoms with Crippen molar-refractivity contribution in [3.05, 3.63) is 47.5 Å². The van der Waals surface area contributed by atoms with Crippen LogP contribution in [0.1, 0.15) is 22.8 Å². The van der Waals surface area contributed by atoms with E-state index in [0.29, 0.717) is 12.1 Å². The molecule has 1 aliphatic heterocycles. The summed E-state index contributed by atoms with van der Waals surface area (Å²) in [6, 6.07) is 0.885. The average molecular weight is 311 g/mol. The molecule has 0 spiro atoms. The van der Waals surface area contributed by atoms with Crippen molar-refractivity contribution in [2.45, 2.75) is 24.5 Å². The normalized spacial score (nSPS) is 23.3. The number of ether oxygens (including phenoxy) is 1. The number of halogens is 6. The quantitative estimate of drug-likeness (QED) is 0.661. The molecule has 1 fully saturated rings. The van der Waals surface area contributed by atoms with Gasteiger partial charge in [0, 0.05) is 0 Å². The highest BCUT2D eigenvalue weighted by Crippen LogP contribution is 2.39. The van der Waals surface area contributed by atoms with E-state index in [-0.39, 0.29) is 18.4 Å². The number of alkyl halides is 6. The lowest BCUT2D eigenvalue weighted by Crippen LogP contribution is -2.23. The molecule has 0 aromatic heterocycles. The van der Waals surface area contributed by atoms with E-state index in [1.165, 1.54) is 6.08 Å². The number of benzene rings is 1. The molecule has 0 bridgehead atoms. The van der Waals surface area contributed by atoms with Crippen LogP contribution in [0.15, 0.2) is 30.9 Å². The fourth-order valence-electron chi connectivity index (χ4n) is 2.10. The Morgan fingerprint density at radius 2 is 1.57 bits per heavy atom. The fourth-order valence-corrected chi connectivity index (χ4v) is 2.10. The Morgan fingerprint density at radius 1 is 1.05 bits per heavy atom. The third kappa shape index (κ3) is 3.38. The number of nitrogens with one attached hydrogen (secondary N) is 1. The van der Waals surface area contributed by atoms with Crippen molar-refractivity contribution < 1.29 is 31.1 Å². The summed E-state index contributed by atoms with van der Waals surface area (Å²) >= 11 is 0. The minimum Gasteiger partial charge on any atom is -0.356 e. The number of rotatable bonds is 2. The number of hydrogen-bond acceptors (Lipinski definition) is 2. The summed E-state index contributed by atoms with van der Waals surface area (Å²) in [5.41, 5.74) is -2.90. The summed E-state index contributed by atoms with van der Waals surface area (Å²) in [5.74, 6) is 0. The monoisotopic (exact) mass is 311 g/mol. The van der Waals surface area contributed by atoms with Crippen molar-refractivity contribution in [3.63, 3.8) is 0 Å². The summed E-state index contributed by atoms with van der Waals surface area (Å²) in [5, 5.41) is 2.77. The van der Waals surface area contributed by atoms with Gasteiger partial charge in [-0.15, -0.1) is 6.58 Å². The maximum Gasteiger partial charge on any atom is 0.416 e. The summed E-state index contributed by atoms with van der Waals surface area (Å²) in [6.45, 7) is 3.50. The Hall–Kier alpha value is -1.54. The highest BCUT2D eigenvalue weighted by molar-refractivity contribution is 5.36. The molecule has 1 aliphatic rings. The maximum atomic E-state index is 12.8. The molecular formula is C13H11F6NO. The standard InChI is InChI=1S/C13H11F6NO/c1-2-10-11(21-6-20-10)7-3-8(12(14,15)16)5-9(4-7)13(17,18)19/h2-5,10-11,20H,1,6H2/t10-,11+/m0/s1. The molecular weight excluding hydrogens is 300 g/mol. The van der Waals surface area contributed by atoms with Gasteiger partial charge >= 0.3 is 12.4 Å². The van der Waals surface area contributed by atoms with E-state index in [9.17, 15) is 26.3 Å². The van der Waals surface area contributed by atoms with Crippen molar-refractivity contribution in [1.82, 2.24) is 5.32 Å². The van der Waals surface area contributed by atoms with E-state index in [2.05, 4.69) is 11.9 Å². The molecule has 1 saturated heterocycles. The zero-order valence-corrected chi connectivity index (χ0v) is 10.6. The SMILES string of the molecule is C=C[C@@H]1NCO[C@@H]1c1cc(C(F)(F)F)cc(C(F)(F)F)c1. The average Bonchev–Trinajstić information content (AvgIpc) is 2.84.